The van der Waals surface area contributed by atoms with Crippen molar-refractivity contribution in [3.63, 3.8) is 0 Å². The molecule has 0 saturated heterocycles. The van der Waals surface area contributed by atoms with Crippen LogP contribution in [0.1, 0.15) is 45.4 Å². The lowest BCUT2D eigenvalue weighted by Crippen LogP contribution is -2.61. The van der Waals surface area contributed by atoms with Gasteiger partial charge < -0.3 is 26.6 Å². The third-order valence-electron chi connectivity index (χ3n) is 9.08. The number of aliphatic hydroxyl groups excluding tert-OH is 1. The maximum absolute atomic E-state index is 15.6. The molecule has 1 heterocycles. The van der Waals surface area contributed by atoms with Crippen molar-refractivity contribution in [2.45, 2.75) is 83.9 Å². The number of aliphatic hydroxyl groups is 1. The fraction of sp³-hybridized carbons (Fsp3) is 0.471. The maximum Gasteiger partial charge on any atom is 0.405 e. The van der Waals surface area contributed by atoms with Gasteiger partial charge in [-0.15, -0.1) is 0 Å². The Morgan fingerprint density at radius 1 is 0.930 bits per heavy atom. The summed E-state index contributed by atoms with van der Waals surface area (Å²) in [5.74, 6) is -5.94. The van der Waals surface area contributed by atoms with Gasteiger partial charge in [0, 0.05) is 34.0 Å². The van der Waals surface area contributed by atoms with Crippen LogP contribution >= 0.6 is 22.6 Å². The van der Waals surface area contributed by atoms with E-state index < -0.39 is 102 Å². The zero-order valence-corrected chi connectivity index (χ0v) is 32.5. The Balaban J connectivity index is 2.09. The van der Waals surface area contributed by atoms with E-state index in [2.05, 4.69) is 15.2 Å². The van der Waals surface area contributed by atoms with Gasteiger partial charge in [-0.2, -0.15) is 40.2 Å². The zero-order chi connectivity index (χ0) is 43.4. The Morgan fingerprint density at radius 3 is 1.95 bits per heavy atom. The van der Waals surface area contributed by atoms with Crippen molar-refractivity contribution >= 4 is 40.5 Å². The summed E-state index contributed by atoms with van der Waals surface area (Å²) in [6.07, 6.45) is -16.3. The molecule has 0 radical (unpaired) electrons. The van der Waals surface area contributed by atoms with Crippen molar-refractivity contribution in [3.05, 3.63) is 75.0 Å². The quantitative estimate of drug-likeness (QED) is 0.0689. The Morgan fingerprint density at radius 2 is 1.47 bits per heavy atom. The number of benzene rings is 2. The van der Waals surface area contributed by atoms with Crippen molar-refractivity contribution < 1.29 is 68.1 Å². The molecule has 316 valence electrons. The van der Waals surface area contributed by atoms with E-state index in [1.165, 1.54) is 12.1 Å². The number of hydrogen-bond donors (Lipinski definition) is 5. The molecule has 3 amide bonds. The van der Waals surface area contributed by atoms with Crippen LogP contribution in [-0.4, -0.2) is 81.0 Å². The van der Waals surface area contributed by atoms with Gasteiger partial charge in [-0.1, -0.05) is 12.1 Å². The number of halogens is 11. The molecule has 0 aliphatic carbocycles. The van der Waals surface area contributed by atoms with E-state index >= 15 is 8.78 Å². The molecule has 7 N–H and O–H groups in total. The van der Waals surface area contributed by atoms with Crippen LogP contribution in [-0.2, 0) is 27.3 Å². The van der Waals surface area contributed by atoms with Crippen LogP contribution in [0.3, 0.4) is 0 Å². The molecule has 12 nitrogen and oxygen atoms in total. The topological polar surface area (TPSA) is 178 Å². The molecule has 2 aromatic carbocycles. The van der Waals surface area contributed by atoms with Gasteiger partial charge in [0.1, 0.15) is 17.0 Å². The minimum Gasteiger partial charge on any atom is -0.435 e. The Labute approximate surface area is 332 Å². The summed E-state index contributed by atoms with van der Waals surface area (Å²) in [6, 6.07) is 4.83. The Kier molecular flexibility index (Phi) is 15.0. The van der Waals surface area contributed by atoms with Crippen LogP contribution in [0.15, 0.2) is 48.7 Å². The molecule has 3 aromatic rings. The highest BCUT2D eigenvalue weighted by Crippen LogP contribution is 2.42. The largest absolute Gasteiger partial charge is 0.435 e. The second-order valence-corrected chi connectivity index (χ2v) is 15.2. The highest BCUT2D eigenvalue weighted by Gasteiger charge is 2.57. The SMILES string of the molecule is CC(C)(C(N)C(=O)N[C@@H](Cc1ccc(I)cc1)[C@@H](O)CN(Cc1c(F)cc(-c2ccn(C(F)F)n2)cc1F)NC(=O)C(OC(N)=O)C(C)(C)C(F)(F)F)C(F)(F)F. The molecule has 0 fully saturated rings. The van der Waals surface area contributed by atoms with Crippen molar-refractivity contribution in [2.75, 3.05) is 6.54 Å². The molecular formula is C34H38F10IN7O5. The van der Waals surface area contributed by atoms with Gasteiger partial charge in [-0.3, -0.25) is 15.0 Å². The monoisotopic (exact) mass is 941 g/mol. The first kappa shape index (κ1) is 47.1. The fourth-order valence-electron chi connectivity index (χ4n) is 5.14. The van der Waals surface area contributed by atoms with Crippen molar-refractivity contribution in [2.24, 2.45) is 22.3 Å². The van der Waals surface area contributed by atoms with Crippen molar-refractivity contribution in [1.29, 1.82) is 0 Å². The van der Waals surface area contributed by atoms with Crippen molar-refractivity contribution in [3.8, 4) is 11.3 Å². The number of hydrazine groups is 1. The molecule has 3 rings (SSSR count). The maximum atomic E-state index is 15.6. The predicted molar refractivity (Wildman–Crippen MR) is 190 cm³/mol. The number of alkyl halides is 8. The van der Waals surface area contributed by atoms with Gasteiger partial charge in [-0.25, -0.2) is 23.3 Å². The average Bonchev–Trinajstić information content (AvgIpc) is 3.59. The average molecular weight is 942 g/mol. The van der Waals surface area contributed by atoms with Gasteiger partial charge in [0.2, 0.25) is 5.91 Å². The summed E-state index contributed by atoms with van der Waals surface area (Å²) in [5, 5.41) is 17.8. The number of carbonyl (C=O) groups excluding carboxylic acids is 3. The minimum absolute atomic E-state index is 0.202. The molecule has 1 aromatic heterocycles. The first-order valence-corrected chi connectivity index (χ1v) is 17.6. The van der Waals surface area contributed by atoms with E-state index in [0.29, 0.717) is 50.4 Å². The second kappa shape index (κ2) is 18.1. The summed E-state index contributed by atoms with van der Waals surface area (Å²) in [6.45, 7) is -2.96. The number of ether oxygens (including phenoxy) is 1. The van der Waals surface area contributed by atoms with Crippen LogP contribution < -0.4 is 22.2 Å². The van der Waals surface area contributed by atoms with Gasteiger partial charge >= 0.3 is 25.0 Å². The first-order valence-electron chi connectivity index (χ1n) is 16.5. The van der Waals surface area contributed by atoms with E-state index in [1.807, 2.05) is 28.0 Å². The third-order valence-corrected chi connectivity index (χ3v) is 9.80. The lowest BCUT2D eigenvalue weighted by molar-refractivity contribution is -0.239. The summed E-state index contributed by atoms with van der Waals surface area (Å²) in [5.41, 5.74) is 5.50. The number of aromatic nitrogens is 2. The summed E-state index contributed by atoms with van der Waals surface area (Å²) in [7, 11) is 0. The molecule has 4 atom stereocenters. The summed E-state index contributed by atoms with van der Waals surface area (Å²) in [4.78, 5) is 38.3. The molecular weight excluding hydrogens is 903 g/mol. The molecule has 0 spiro atoms. The van der Waals surface area contributed by atoms with E-state index in [0.717, 1.165) is 15.8 Å². The zero-order valence-electron chi connectivity index (χ0n) is 30.4. The lowest BCUT2D eigenvalue weighted by atomic mass is 9.83. The normalized spacial score (nSPS) is 14.9. The molecule has 0 aliphatic heterocycles. The molecule has 0 bridgehead atoms. The van der Waals surface area contributed by atoms with Gasteiger partial charge in [0.25, 0.3) is 5.91 Å². The number of amides is 3. The van der Waals surface area contributed by atoms with Gasteiger partial charge in [0.15, 0.2) is 6.10 Å². The number of carbonyl (C=O) groups is 3. The number of primary amides is 1. The summed E-state index contributed by atoms with van der Waals surface area (Å²) < 4.78 is 146. The number of rotatable bonds is 16. The van der Waals surface area contributed by atoms with Gasteiger partial charge in [-0.05, 0) is 92.6 Å². The minimum atomic E-state index is -5.23. The van der Waals surface area contributed by atoms with Gasteiger partial charge in [0.05, 0.1) is 29.3 Å². The smallest absolute Gasteiger partial charge is 0.405 e. The Bertz CT molecular complexity index is 1870. The third kappa shape index (κ3) is 11.7. The first-order chi connectivity index (χ1) is 26.1. The van der Waals surface area contributed by atoms with E-state index in [1.54, 1.807) is 12.1 Å². The number of nitrogens with one attached hydrogen (secondary N) is 2. The van der Waals surface area contributed by atoms with Crippen LogP contribution in [0.4, 0.5) is 48.7 Å². The summed E-state index contributed by atoms with van der Waals surface area (Å²) >= 11 is 1.97. The van der Waals surface area contributed by atoms with Crippen LogP contribution in [0.25, 0.3) is 11.3 Å². The van der Waals surface area contributed by atoms with E-state index in [-0.39, 0.29) is 22.4 Å². The number of nitrogens with zero attached hydrogens (tertiary/aromatic N) is 3. The highest BCUT2D eigenvalue weighted by molar-refractivity contribution is 14.1. The molecule has 0 aliphatic rings. The van der Waals surface area contributed by atoms with Crippen molar-refractivity contribution in [1.82, 2.24) is 25.5 Å². The molecule has 2 unspecified atom stereocenters. The standard InChI is InChI=1S/C34H38F10IN7O5/c1-31(2,33(39,40)41)25(46)27(54)48-23(11-16-5-7-18(45)8-6-16)24(53)15-51(50-28(55)26(57-30(47)56)32(3,4)34(42,43)44)14-19-20(35)12-17(13-21(19)36)22-9-10-52(49-22)29(37)38/h5-10,12-13,23-26,29,53H,11,14-15,46H2,1-4H3,(H2,47,56)(H,48,54)(H,50,55)/t23-,24-,25?,26?/m0/s1. The number of hydrogen-bond acceptors (Lipinski definition) is 8. The number of nitrogens with two attached hydrogens (primary N) is 2. The molecule has 57 heavy (non-hydrogen) atoms. The molecule has 0 saturated carbocycles. The second-order valence-electron chi connectivity index (χ2n) is 14.0. The lowest BCUT2D eigenvalue weighted by Gasteiger charge is -2.37. The van der Waals surface area contributed by atoms with E-state index in [9.17, 15) is 54.6 Å². The highest BCUT2D eigenvalue weighted by atomic mass is 127. The van der Waals surface area contributed by atoms with Crippen LogP contribution in [0.5, 0.6) is 0 Å². The fourth-order valence-corrected chi connectivity index (χ4v) is 5.50. The van der Waals surface area contributed by atoms with E-state index in [4.69, 9.17) is 11.5 Å². The van der Waals surface area contributed by atoms with Crippen LogP contribution in [0.2, 0.25) is 0 Å². The van der Waals surface area contributed by atoms with Crippen LogP contribution in [0, 0.1) is 26.0 Å². The molecule has 23 heteroatoms. The Hall–Kier alpha value is -4.23. The predicted octanol–water partition coefficient (Wildman–Crippen LogP) is 5.72.